The predicted molar refractivity (Wildman–Crippen MR) is 110 cm³/mol. The number of nitro groups is 2. The van der Waals surface area contributed by atoms with Crippen molar-refractivity contribution in [2.24, 2.45) is 0 Å². The number of hydrogen-bond donors (Lipinski definition) is 0. The van der Waals surface area contributed by atoms with Gasteiger partial charge in [-0.05, 0) is 53.6 Å². The summed E-state index contributed by atoms with van der Waals surface area (Å²) >= 11 is 0. The lowest BCUT2D eigenvalue weighted by Gasteiger charge is -2.07. The van der Waals surface area contributed by atoms with Crippen LogP contribution in [0.1, 0.15) is 21.5 Å². The number of nitrogens with zero attached hydrogens (tertiary/aromatic N) is 2. The van der Waals surface area contributed by atoms with Gasteiger partial charge in [-0.2, -0.15) is 0 Å². The Hall–Kier alpha value is -4.53. The highest BCUT2D eigenvalue weighted by Gasteiger charge is 2.27. The summed E-state index contributed by atoms with van der Waals surface area (Å²) in [5.41, 5.74) is 1.69. The van der Waals surface area contributed by atoms with E-state index in [0.29, 0.717) is 22.6 Å². The molecule has 0 unspecified atom stereocenters. The number of carbonyl (C=O) groups excluding carboxylic acids is 1. The lowest BCUT2D eigenvalue weighted by Crippen LogP contribution is -1.98. The van der Waals surface area contributed by atoms with Gasteiger partial charge in [0.15, 0.2) is 5.76 Å². The topological polar surface area (TPSA) is 122 Å². The number of Topliss-reactive ketones (excluding diaryl/α,β-unsaturated/α-hetero) is 1. The van der Waals surface area contributed by atoms with E-state index in [1.807, 2.05) is 0 Å². The first-order valence-electron chi connectivity index (χ1n) is 9.09. The van der Waals surface area contributed by atoms with E-state index in [0.717, 1.165) is 5.56 Å². The zero-order chi connectivity index (χ0) is 22.0. The fourth-order valence-electron chi connectivity index (χ4n) is 2.98. The van der Waals surface area contributed by atoms with Gasteiger partial charge in [0.05, 0.1) is 15.4 Å². The molecule has 1 aliphatic rings. The smallest absolute Gasteiger partial charge is 0.269 e. The fourth-order valence-corrected chi connectivity index (χ4v) is 2.98. The van der Waals surface area contributed by atoms with Gasteiger partial charge >= 0.3 is 0 Å². The van der Waals surface area contributed by atoms with E-state index in [4.69, 9.17) is 9.47 Å². The number of fused-ring (bicyclic) bond motifs is 1. The summed E-state index contributed by atoms with van der Waals surface area (Å²) in [4.78, 5) is 33.0. The van der Waals surface area contributed by atoms with Gasteiger partial charge in [0.1, 0.15) is 18.1 Å². The van der Waals surface area contributed by atoms with Crippen molar-refractivity contribution in [3.05, 3.63) is 109 Å². The first kappa shape index (κ1) is 19.8. The van der Waals surface area contributed by atoms with Gasteiger partial charge in [0.25, 0.3) is 11.4 Å². The number of benzene rings is 3. The molecule has 0 amide bonds. The van der Waals surface area contributed by atoms with E-state index in [1.165, 1.54) is 42.5 Å². The van der Waals surface area contributed by atoms with E-state index < -0.39 is 9.85 Å². The van der Waals surface area contributed by atoms with Gasteiger partial charge in [0, 0.05) is 30.3 Å². The maximum absolute atomic E-state index is 12.6. The predicted octanol–water partition coefficient (Wildman–Crippen LogP) is 4.70. The van der Waals surface area contributed by atoms with E-state index >= 15 is 0 Å². The van der Waals surface area contributed by atoms with Gasteiger partial charge < -0.3 is 9.47 Å². The summed E-state index contributed by atoms with van der Waals surface area (Å²) in [7, 11) is 0. The number of nitro benzene ring substituents is 2. The zero-order valence-electron chi connectivity index (χ0n) is 15.9. The van der Waals surface area contributed by atoms with Crippen LogP contribution in [0.3, 0.4) is 0 Å². The van der Waals surface area contributed by atoms with Crippen LogP contribution >= 0.6 is 0 Å². The normalized spacial score (nSPS) is 13.5. The second-order valence-electron chi connectivity index (χ2n) is 6.66. The van der Waals surface area contributed by atoms with Crippen LogP contribution in [0.5, 0.6) is 11.5 Å². The average Bonchev–Trinajstić information content (AvgIpc) is 3.07. The SMILES string of the molecule is O=C1C(=Cc2ccc([N+](=O)[O-])cc2)Oc2cc(OCc3ccc([N+](=O)[O-])cc3)ccc21. The molecule has 9 nitrogen and oxygen atoms in total. The molecule has 0 atom stereocenters. The summed E-state index contributed by atoms with van der Waals surface area (Å²) in [6.45, 7) is 0.191. The summed E-state index contributed by atoms with van der Waals surface area (Å²) in [5.74, 6) is 0.632. The first-order chi connectivity index (χ1) is 14.9. The van der Waals surface area contributed by atoms with Gasteiger partial charge in [0.2, 0.25) is 5.78 Å². The Bertz CT molecular complexity index is 1220. The highest BCUT2D eigenvalue weighted by molar-refractivity contribution is 6.14. The summed E-state index contributed by atoms with van der Waals surface area (Å²) in [5, 5.41) is 21.5. The van der Waals surface area contributed by atoms with Crippen molar-refractivity contribution in [2.45, 2.75) is 6.61 Å². The van der Waals surface area contributed by atoms with Crippen molar-refractivity contribution < 1.29 is 24.1 Å². The highest BCUT2D eigenvalue weighted by atomic mass is 16.6. The Kier molecular flexibility index (Phi) is 5.15. The molecule has 1 aliphatic heterocycles. The van der Waals surface area contributed by atoms with Crippen molar-refractivity contribution in [1.82, 2.24) is 0 Å². The van der Waals surface area contributed by atoms with Crippen molar-refractivity contribution in [1.29, 1.82) is 0 Å². The van der Waals surface area contributed by atoms with E-state index in [1.54, 1.807) is 30.3 Å². The van der Waals surface area contributed by atoms with Crippen LogP contribution in [-0.4, -0.2) is 15.6 Å². The molecule has 0 saturated carbocycles. The van der Waals surface area contributed by atoms with Gasteiger partial charge in [-0.3, -0.25) is 25.0 Å². The van der Waals surface area contributed by atoms with E-state index in [9.17, 15) is 25.0 Å². The number of allylic oxidation sites excluding steroid dienone is 1. The first-order valence-corrected chi connectivity index (χ1v) is 9.09. The molecule has 4 rings (SSSR count). The number of ether oxygens (including phenoxy) is 2. The Balaban J connectivity index is 1.46. The van der Waals surface area contributed by atoms with Crippen molar-refractivity contribution >= 4 is 23.2 Å². The van der Waals surface area contributed by atoms with Gasteiger partial charge in [-0.1, -0.05) is 0 Å². The third kappa shape index (κ3) is 4.25. The van der Waals surface area contributed by atoms with Crippen molar-refractivity contribution in [2.75, 3.05) is 0 Å². The van der Waals surface area contributed by atoms with Crippen LogP contribution in [0.25, 0.3) is 6.08 Å². The second kappa shape index (κ2) is 8.07. The molecule has 154 valence electrons. The monoisotopic (exact) mass is 418 g/mol. The third-order valence-electron chi connectivity index (χ3n) is 4.60. The largest absolute Gasteiger partial charge is 0.489 e. The van der Waals surface area contributed by atoms with Crippen LogP contribution in [0, 0.1) is 20.2 Å². The average molecular weight is 418 g/mol. The number of carbonyl (C=O) groups is 1. The van der Waals surface area contributed by atoms with E-state index in [2.05, 4.69) is 0 Å². The van der Waals surface area contributed by atoms with E-state index in [-0.39, 0.29) is 29.5 Å². The maximum Gasteiger partial charge on any atom is 0.269 e. The number of ketones is 1. The van der Waals surface area contributed by atoms with Crippen molar-refractivity contribution in [3.63, 3.8) is 0 Å². The second-order valence-corrected chi connectivity index (χ2v) is 6.66. The lowest BCUT2D eigenvalue weighted by atomic mass is 10.1. The Labute approximate surface area is 175 Å². The molecule has 0 aromatic heterocycles. The molecule has 9 heteroatoms. The molecule has 31 heavy (non-hydrogen) atoms. The molecule has 0 saturated heterocycles. The zero-order valence-corrected chi connectivity index (χ0v) is 15.9. The minimum atomic E-state index is -0.498. The molecule has 0 N–H and O–H groups in total. The van der Waals surface area contributed by atoms with Crippen LogP contribution in [0.15, 0.2) is 72.5 Å². The van der Waals surface area contributed by atoms with Crippen molar-refractivity contribution in [3.8, 4) is 11.5 Å². The van der Waals surface area contributed by atoms with Crippen LogP contribution in [0.2, 0.25) is 0 Å². The molecule has 1 heterocycles. The van der Waals surface area contributed by atoms with Crippen LogP contribution in [-0.2, 0) is 6.61 Å². The third-order valence-corrected chi connectivity index (χ3v) is 4.60. The Morgan fingerprint density at radius 2 is 1.48 bits per heavy atom. The molecular formula is C22H14N2O7. The molecule has 3 aromatic rings. The van der Waals surface area contributed by atoms with Gasteiger partial charge in [-0.15, -0.1) is 0 Å². The fraction of sp³-hybridized carbons (Fsp3) is 0.0455. The number of rotatable bonds is 6. The number of non-ortho nitro benzene ring substituents is 2. The Morgan fingerprint density at radius 3 is 2.10 bits per heavy atom. The molecule has 3 aromatic carbocycles. The summed E-state index contributed by atoms with van der Waals surface area (Å²) in [6.07, 6.45) is 1.52. The standard InChI is InChI=1S/C22H14N2O7/c25-22-19-10-9-18(30-13-15-3-7-17(8-4-15)24(28)29)12-20(19)31-21(22)11-14-1-5-16(6-2-14)23(26)27/h1-12H,13H2. The maximum atomic E-state index is 12.6. The quantitative estimate of drug-likeness (QED) is 0.323. The number of hydrogen-bond acceptors (Lipinski definition) is 7. The molecule has 0 radical (unpaired) electrons. The van der Waals surface area contributed by atoms with Crippen LogP contribution < -0.4 is 9.47 Å². The summed E-state index contributed by atoms with van der Waals surface area (Å²) < 4.78 is 11.4. The molecule has 0 bridgehead atoms. The minimum absolute atomic E-state index is 0.000492. The highest BCUT2D eigenvalue weighted by Crippen LogP contribution is 2.35. The Morgan fingerprint density at radius 1 is 0.871 bits per heavy atom. The molecule has 0 fully saturated rings. The molecule has 0 aliphatic carbocycles. The van der Waals surface area contributed by atoms with Gasteiger partial charge in [-0.25, -0.2) is 0 Å². The lowest BCUT2D eigenvalue weighted by molar-refractivity contribution is -0.385. The van der Waals surface area contributed by atoms with Crippen LogP contribution in [0.4, 0.5) is 11.4 Å². The molecular weight excluding hydrogens is 404 g/mol. The summed E-state index contributed by atoms with van der Waals surface area (Å²) in [6, 6.07) is 16.6. The molecule has 0 spiro atoms. The minimum Gasteiger partial charge on any atom is -0.489 e.